The van der Waals surface area contributed by atoms with Crippen LogP contribution in [0, 0.1) is 0 Å². The summed E-state index contributed by atoms with van der Waals surface area (Å²) >= 11 is 0. The van der Waals surface area contributed by atoms with Crippen molar-refractivity contribution in [2.24, 2.45) is 0 Å². The smallest absolute Gasteiger partial charge is 0.358 e. The molecule has 0 unspecified atom stereocenters. The first-order chi connectivity index (χ1) is 9.05. The largest absolute Gasteiger partial charge is 0.497 e. The molecule has 7 nitrogen and oxygen atoms in total. The molecule has 1 aromatic heterocycles. The average Bonchev–Trinajstić information content (AvgIpc) is 2.80. The van der Waals surface area contributed by atoms with Crippen molar-refractivity contribution >= 4 is 12.0 Å². The highest BCUT2D eigenvalue weighted by atomic mass is 16.5. The Morgan fingerprint density at radius 3 is 2.32 bits per heavy atom. The van der Waals surface area contributed by atoms with Crippen molar-refractivity contribution in [3.8, 4) is 22.8 Å². The highest BCUT2D eigenvalue weighted by Gasteiger charge is 2.21. The first-order valence-corrected chi connectivity index (χ1v) is 5.28. The summed E-state index contributed by atoms with van der Waals surface area (Å²) in [5.41, 5.74) is 5.59. The minimum absolute atomic E-state index is 0.0576. The number of methoxy groups -OCH3 is 2. The maximum atomic E-state index is 11.1. The number of nitrogens with two attached hydrogens (primary N) is 1. The summed E-state index contributed by atoms with van der Waals surface area (Å²) in [7, 11) is 2.98. The van der Waals surface area contributed by atoms with Gasteiger partial charge in [0.05, 0.1) is 14.2 Å². The summed E-state index contributed by atoms with van der Waals surface area (Å²) in [4.78, 5) is 14.7. The second-order valence-electron chi connectivity index (χ2n) is 3.64. The monoisotopic (exact) mass is 264 g/mol. The van der Waals surface area contributed by atoms with Gasteiger partial charge >= 0.3 is 5.97 Å². The van der Waals surface area contributed by atoms with Gasteiger partial charge < -0.3 is 24.7 Å². The van der Waals surface area contributed by atoms with E-state index in [0.29, 0.717) is 17.1 Å². The molecular formula is C12H12N2O5. The second-order valence-corrected chi connectivity index (χ2v) is 3.64. The molecule has 0 aliphatic carbocycles. The van der Waals surface area contributed by atoms with E-state index in [1.165, 1.54) is 14.2 Å². The molecule has 1 aromatic carbocycles. The van der Waals surface area contributed by atoms with Crippen molar-refractivity contribution < 1.29 is 23.8 Å². The lowest BCUT2D eigenvalue weighted by Crippen LogP contribution is -1.99. The summed E-state index contributed by atoms with van der Waals surface area (Å²) < 4.78 is 15.3. The molecule has 0 atom stereocenters. The molecule has 0 radical (unpaired) electrons. The quantitative estimate of drug-likeness (QED) is 0.864. The number of aromatic nitrogens is 1. The predicted octanol–water partition coefficient (Wildman–Crippen LogP) is 1.64. The highest BCUT2D eigenvalue weighted by molar-refractivity contribution is 5.93. The van der Waals surface area contributed by atoms with Crippen LogP contribution in [0.4, 0.5) is 6.01 Å². The Labute approximate surface area is 108 Å². The fraction of sp³-hybridized carbons (Fsp3) is 0.167. The molecule has 0 spiro atoms. The normalized spacial score (nSPS) is 10.2. The average molecular weight is 264 g/mol. The Morgan fingerprint density at radius 2 is 1.84 bits per heavy atom. The van der Waals surface area contributed by atoms with Gasteiger partial charge in [-0.3, -0.25) is 0 Å². The van der Waals surface area contributed by atoms with Crippen molar-refractivity contribution in [3.63, 3.8) is 0 Å². The molecule has 19 heavy (non-hydrogen) atoms. The third kappa shape index (κ3) is 2.44. The molecule has 0 saturated carbocycles. The number of aromatic carboxylic acids is 1. The van der Waals surface area contributed by atoms with Gasteiger partial charge in [-0.1, -0.05) is 0 Å². The van der Waals surface area contributed by atoms with Gasteiger partial charge in [0.15, 0.2) is 11.5 Å². The SMILES string of the molecule is COc1cc(OC)cc(-c2oc(N)nc2C(=O)O)c1. The Bertz CT molecular complexity index is 598. The van der Waals surface area contributed by atoms with E-state index in [9.17, 15) is 4.79 Å². The molecule has 0 bridgehead atoms. The standard InChI is InChI=1S/C12H12N2O5/c1-17-7-3-6(4-8(5-7)18-2)10-9(11(15)16)14-12(13)19-10/h3-5H,1-2H3,(H2,13,14)(H,15,16). The maximum Gasteiger partial charge on any atom is 0.358 e. The third-order valence-electron chi connectivity index (χ3n) is 2.46. The Kier molecular flexibility index (Phi) is 3.28. The van der Waals surface area contributed by atoms with Crippen LogP contribution in [0.3, 0.4) is 0 Å². The lowest BCUT2D eigenvalue weighted by atomic mass is 10.1. The number of carboxylic acids is 1. The van der Waals surface area contributed by atoms with Crippen molar-refractivity contribution in [2.75, 3.05) is 20.0 Å². The molecule has 0 aliphatic heterocycles. The molecule has 2 aromatic rings. The van der Waals surface area contributed by atoms with Gasteiger partial charge in [-0.15, -0.1) is 0 Å². The number of hydrogen-bond acceptors (Lipinski definition) is 6. The van der Waals surface area contributed by atoms with Crippen molar-refractivity contribution in [1.82, 2.24) is 4.98 Å². The van der Waals surface area contributed by atoms with Crippen LogP contribution in [-0.2, 0) is 0 Å². The summed E-state index contributed by atoms with van der Waals surface area (Å²) in [5, 5.41) is 9.05. The number of oxazole rings is 1. The summed E-state index contributed by atoms with van der Waals surface area (Å²) in [6.07, 6.45) is 0. The summed E-state index contributed by atoms with van der Waals surface area (Å²) in [6, 6.07) is 4.65. The van der Waals surface area contributed by atoms with Crippen LogP contribution in [0.5, 0.6) is 11.5 Å². The van der Waals surface area contributed by atoms with Gasteiger partial charge in [-0.05, 0) is 12.1 Å². The zero-order valence-corrected chi connectivity index (χ0v) is 10.3. The van der Waals surface area contributed by atoms with Crippen LogP contribution in [0.25, 0.3) is 11.3 Å². The zero-order valence-electron chi connectivity index (χ0n) is 10.3. The number of nitrogens with zero attached hydrogens (tertiary/aromatic N) is 1. The molecule has 0 fully saturated rings. The number of carbonyl (C=O) groups is 1. The van der Waals surface area contributed by atoms with E-state index in [0.717, 1.165) is 0 Å². The van der Waals surface area contributed by atoms with E-state index in [1.54, 1.807) is 18.2 Å². The number of anilines is 1. The molecule has 0 amide bonds. The van der Waals surface area contributed by atoms with Crippen molar-refractivity contribution in [3.05, 3.63) is 23.9 Å². The zero-order chi connectivity index (χ0) is 14.0. The predicted molar refractivity (Wildman–Crippen MR) is 66.4 cm³/mol. The van der Waals surface area contributed by atoms with Gasteiger partial charge in [-0.2, -0.15) is 4.98 Å². The van der Waals surface area contributed by atoms with E-state index in [-0.39, 0.29) is 17.5 Å². The lowest BCUT2D eigenvalue weighted by Gasteiger charge is -2.07. The number of rotatable bonds is 4. The Morgan fingerprint density at radius 1 is 1.26 bits per heavy atom. The van der Waals surface area contributed by atoms with E-state index < -0.39 is 5.97 Å². The van der Waals surface area contributed by atoms with Crippen LogP contribution in [-0.4, -0.2) is 30.3 Å². The van der Waals surface area contributed by atoms with Gasteiger partial charge in [0, 0.05) is 11.6 Å². The van der Waals surface area contributed by atoms with Crippen LogP contribution >= 0.6 is 0 Å². The molecule has 3 N–H and O–H groups in total. The lowest BCUT2D eigenvalue weighted by molar-refractivity contribution is 0.0691. The third-order valence-corrected chi connectivity index (χ3v) is 2.46. The van der Waals surface area contributed by atoms with Gasteiger partial charge in [0.1, 0.15) is 11.5 Å². The van der Waals surface area contributed by atoms with Crippen molar-refractivity contribution in [1.29, 1.82) is 0 Å². The molecule has 0 saturated heterocycles. The first kappa shape index (κ1) is 12.7. The van der Waals surface area contributed by atoms with Gasteiger partial charge in [0.25, 0.3) is 6.01 Å². The van der Waals surface area contributed by atoms with E-state index in [4.69, 9.17) is 24.7 Å². The topological polar surface area (TPSA) is 108 Å². The minimum atomic E-state index is -1.22. The highest BCUT2D eigenvalue weighted by Crippen LogP contribution is 2.32. The van der Waals surface area contributed by atoms with E-state index in [1.807, 2.05) is 0 Å². The molecule has 2 rings (SSSR count). The number of hydrogen-bond donors (Lipinski definition) is 2. The van der Waals surface area contributed by atoms with Crippen LogP contribution in [0.1, 0.15) is 10.5 Å². The number of ether oxygens (including phenoxy) is 2. The van der Waals surface area contributed by atoms with E-state index >= 15 is 0 Å². The molecule has 1 heterocycles. The van der Waals surface area contributed by atoms with Gasteiger partial charge in [-0.25, -0.2) is 4.79 Å². The second kappa shape index (κ2) is 4.89. The fourth-order valence-corrected chi connectivity index (χ4v) is 1.62. The Balaban J connectivity index is 2.60. The number of carboxylic acid groups (broad SMARTS) is 1. The molecule has 100 valence electrons. The fourth-order valence-electron chi connectivity index (χ4n) is 1.62. The molecule has 7 heteroatoms. The maximum absolute atomic E-state index is 11.1. The van der Waals surface area contributed by atoms with Crippen LogP contribution in [0.15, 0.2) is 22.6 Å². The Hall–Kier alpha value is -2.70. The summed E-state index contributed by atoms with van der Waals surface area (Å²) in [5.74, 6) is -0.166. The van der Waals surface area contributed by atoms with Crippen LogP contribution in [0.2, 0.25) is 0 Å². The summed E-state index contributed by atoms with van der Waals surface area (Å²) in [6.45, 7) is 0. The van der Waals surface area contributed by atoms with E-state index in [2.05, 4.69) is 4.98 Å². The first-order valence-electron chi connectivity index (χ1n) is 5.28. The van der Waals surface area contributed by atoms with Crippen molar-refractivity contribution in [2.45, 2.75) is 0 Å². The minimum Gasteiger partial charge on any atom is -0.497 e. The molecular weight excluding hydrogens is 252 g/mol. The molecule has 0 aliphatic rings. The van der Waals surface area contributed by atoms with Crippen LogP contribution < -0.4 is 15.2 Å². The number of benzene rings is 1. The van der Waals surface area contributed by atoms with Gasteiger partial charge in [0.2, 0.25) is 0 Å². The number of nitrogen functional groups attached to an aromatic ring is 1.